The molecule has 1 amide bonds. The lowest BCUT2D eigenvalue weighted by molar-refractivity contribution is -0.275. The van der Waals surface area contributed by atoms with Crippen LogP contribution in [0, 0.1) is 18.3 Å². The van der Waals surface area contributed by atoms with Crippen LogP contribution in [0.4, 0.5) is 23.8 Å². The standard InChI is InChI=1S/C26H26F3N5O3/c1-18-31-14-24(34(18)15-20-9-7-19(13-30)8-10-20)32(2)22-11-12-33(16-22)25(35)36-17-21-5-3-4-6-23(21)37-26(27,28)29/h3-10,14,22H,11-12,15-17H2,1-2H3/t22-/m0/s1. The zero-order chi connectivity index (χ0) is 26.6. The van der Waals surface area contributed by atoms with E-state index in [1.165, 1.54) is 18.2 Å². The highest BCUT2D eigenvalue weighted by atomic mass is 19.4. The molecule has 2 aromatic carbocycles. The highest BCUT2D eigenvalue weighted by Crippen LogP contribution is 2.28. The molecule has 11 heteroatoms. The number of para-hydroxylation sites is 1. The van der Waals surface area contributed by atoms with Crippen molar-refractivity contribution in [3.05, 3.63) is 77.2 Å². The number of amides is 1. The second-order valence-corrected chi connectivity index (χ2v) is 8.77. The Morgan fingerprint density at radius 3 is 2.65 bits per heavy atom. The molecule has 0 unspecified atom stereocenters. The third-order valence-corrected chi connectivity index (χ3v) is 6.34. The lowest BCUT2D eigenvalue weighted by Gasteiger charge is -2.27. The molecule has 1 atom stereocenters. The van der Waals surface area contributed by atoms with Crippen molar-refractivity contribution in [1.29, 1.82) is 5.26 Å². The maximum atomic E-state index is 12.7. The Labute approximate surface area is 212 Å². The van der Waals surface area contributed by atoms with Crippen LogP contribution in [0.5, 0.6) is 5.75 Å². The van der Waals surface area contributed by atoms with E-state index in [1.54, 1.807) is 29.3 Å². The van der Waals surface area contributed by atoms with Crippen LogP contribution in [0.2, 0.25) is 0 Å². The van der Waals surface area contributed by atoms with Gasteiger partial charge in [0, 0.05) is 31.7 Å². The number of carbonyl (C=O) groups is 1. The molecule has 1 aliphatic rings. The Morgan fingerprint density at radius 2 is 1.95 bits per heavy atom. The predicted octanol–water partition coefficient (Wildman–Crippen LogP) is 4.86. The molecule has 37 heavy (non-hydrogen) atoms. The summed E-state index contributed by atoms with van der Waals surface area (Å²) in [7, 11) is 1.94. The number of anilines is 1. The molecule has 4 rings (SSSR count). The van der Waals surface area contributed by atoms with Gasteiger partial charge in [0.15, 0.2) is 0 Å². The Kier molecular flexibility index (Phi) is 7.57. The van der Waals surface area contributed by atoms with Gasteiger partial charge in [0.25, 0.3) is 0 Å². The topological polar surface area (TPSA) is 83.6 Å². The summed E-state index contributed by atoms with van der Waals surface area (Å²) in [4.78, 5) is 20.7. The van der Waals surface area contributed by atoms with Gasteiger partial charge in [-0.1, -0.05) is 30.3 Å². The van der Waals surface area contributed by atoms with Crippen molar-refractivity contribution >= 4 is 11.9 Å². The molecular weight excluding hydrogens is 487 g/mol. The number of carbonyl (C=O) groups excluding carboxylic acids is 1. The van der Waals surface area contributed by atoms with Gasteiger partial charge in [-0.25, -0.2) is 9.78 Å². The summed E-state index contributed by atoms with van der Waals surface area (Å²) in [6.45, 7) is 3.02. The summed E-state index contributed by atoms with van der Waals surface area (Å²) in [6, 6.07) is 15.1. The van der Waals surface area contributed by atoms with Gasteiger partial charge in [-0.2, -0.15) is 5.26 Å². The highest BCUT2D eigenvalue weighted by Gasteiger charge is 2.33. The van der Waals surface area contributed by atoms with Crippen LogP contribution in [-0.4, -0.2) is 53.1 Å². The van der Waals surface area contributed by atoms with Gasteiger partial charge in [-0.15, -0.1) is 13.2 Å². The number of likely N-dealkylation sites (tertiary alicyclic amines) is 1. The summed E-state index contributed by atoms with van der Waals surface area (Å²) in [5, 5.41) is 9.02. The molecule has 0 spiro atoms. The molecule has 0 saturated carbocycles. The first-order chi connectivity index (χ1) is 17.6. The first-order valence-electron chi connectivity index (χ1n) is 11.6. The molecule has 8 nitrogen and oxygen atoms in total. The fraction of sp³-hybridized carbons (Fsp3) is 0.346. The van der Waals surface area contributed by atoms with Crippen LogP contribution in [0.15, 0.2) is 54.7 Å². The van der Waals surface area contributed by atoms with Gasteiger partial charge >= 0.3 is 12.5 Å². The van der Waals surface area contributed by atoms with Crippen molar-refractivity contribution in [2.75, 3.05) is 25.0 Å². The van der Waals surface area contributed by atoms with Crippen molar-refractivity contribution in [3.63, 3.8) is 0 Å². The molecule has 0 bridgehead atoms. The molecular formula is C26H26F3N5O3. The molecule has 194 valence electrons. The number of benzene rings is 2. The predicted molar refractivity (Wildman–Crippen MR) is 129 cm³/mol. The van der Waals surface area contributed by atoms with Crippen molar-refractivity contribution in [2.24, 2.45) is 0 Å². The number of aryl methyl sites for hydroxylation is 1. The Hall–Kier alpha value is -4.20. The zero-order valence-electron chi connectivity index (χ0n) is 20.4. The van der Waals surface area contributed by atoms with E-state index in [0.717, 1.165) is 17.2 Å². The van der Waals surface area contributed by atoms with E-state index in [4.69, 9.17) is 10.00 Å². The molecule has 1 aliphatic heterocycles. The normalized spacial score (nSPS) is 15.4. The highest BCUT2D eigenvalue weighted by molar-refractivity contribution is 5.68. The van der Waals surface area contributed by atoms with Crippen molar-refractivity contribution < 1.29 is 27.4 Å². The molecule has 2 heterocycles. The van der Waals surface area contributed by atoms with Crippen molar-refractivity contribution in [3.8, 4) is 11.8 Å². The van der Waals surface area contributed by atoms with Crippen LogP contribution in [0.25, 0.3) is 0 Å². The van der Waals surface area contributed by atoms with Gasteiger partial charge in [0.1, 0.15) is 24.0 Å². The van der Waals surface area contributed by atoms with Gasteiger partial charge in [0.2, 0.25) is 0 Å². The SMILES string of the molecule is Cc1ncc(N(C)[C@H]2CCN(C(=O)OCc3ccccc3OC(F)(F)F)C2)n1Cc1ccc(C#N)cc1. The maximum Gasteiger partial charge on any atom is 0.573 e. The Balaban J connectivity index is 1.37. The summed E-state index contributed by atoms with van der Waals surface area (Å²) in [6.07, 6.45) is -2.95. The van der Waals surface area contributed by atoms with E-state index in [9.17, 15) is 18.0 Å². The second-order valence-electron chi connectivity index (χ2n) is 8.77. The molecule has 1 aromatic heterocycles. The average molecular weight is 514 g/mol. The fourth-order valence-electron chi connectivity index (χ4n) is 4.29. The van der Waals surface area contributed by atoms with Crippen LogP contribution in [0.3, 0.4) is 0 Å². The largest absolute Gasteiger partial charge is 0.573 e. The number of likely N-dealkylation sites (N-methyl/N-ethyl adjacent to an activating group) is 1. The third-order valence-electron chi connectivity index (χ3n) is 6.34. The quantitative estimate of drug-likeness (QED) is 0.449. The Bertz CT molecular complexity index is 1280. The number of imidazole rings is 1. The van der Waals surface area contributed by atoms with Gasteiger partial charge in [-0.05, 0) is 37.1 Å². The van der Waals surface area contributed by atoms with E-state index >= 15 is 0 Å². The van der Waals surface area contributed by atoms with Crippen LogP contribution < -0.4 is 9.64 Å². The van der Waals surface area contributed by atoms with E-state index in [2.05, 4.69) is 25.3 Å². The number of rotatable bonds is 7. The van der Waals surface area contributed by atoms with E-state index in [-0.39, 0.29) is 18.2 Å². The van der Waals surface area contributed by atoms with Gasteiger partial charge < -0.3 is 23.8 Å². The van der Waals surface area contributed by atoms with Gasteiger partial charge in [-0.3, -0.25) is 0 Å². The van der Waals surface area contributed by atoms with E-state index < -0.39 is 18.2 Å². The number of alkyl halides is 3. The first-order valence-corrected chi connectivity index (χ1v) is 11.6. The van der Waals surface area contributed by atoms with Crippen molar-refractivity contribution in [1.82, 2.24) is 14.5 Å². The first kappa shape index (κ1) is 25.9. The number of nitrogens with zero attached hydrogens (tertiary/aromatic N) is 5. The molecule has 1 fully saturated rings. The molecule has 0 N–H and O–H groups in total. The number of ether oxygens (including phenoxy) is 2. The lowest BCUT2D eigenvalue weighted by Crippen LogP contribution is -2.37. The van der Waals surface area contributed by atoms with Crippen LogP contribution in [-0.2, 0) is 17.9 Å². The maximum absolute atomic E-state index is 12.7. The van der Waals surface area contributed by atoms with E-state index in [0.29, 0.717) is 31.6 Å². The molecule has 0 aliphatic carbocycles. The van der Waals surface area contributed by atoms with E-state index in [1.807, 2.05) is 26.1 Å². The minimum absolute atomic E-state index is 0.00390. The minimum atomic E-state index is -4.84. The second kappa shape index (κ2) is 10.8. The lowest BCUT2D eigenvalue weighted by atomic mass is 10.1. The molecule has 0 radical (unpaired) electrons. The third kappa shape index (κ3) is 6.33. The summed E-state index contributed by atoms with van der Waals surface area (Å²) in [5.41, 5.74) is 1.75. The number of hydrogen-bond donors (Lipinski definition) is 0. The number of halogens is 3. The summed E-state index contributed by atoms with van der Waals surface area (Å²) < 4.78 is 49.3. The summed E-state index contributed by atoms with van der Waals surface area (Å²) in [5.74, 6) is 1.33. The van der Waals surface area contributed by atoms with Gasteiger partial charge in [0.05, 0.1) is 24.4 Å². The number of nitriles is 1. The smallest absolute Gasteiger partial charge is 0.444 e. The fourth-order valence-corrected chi connectivity index (χ4v) is 4.29. The number of aromatic nitrogens is 2. The van der Waals surface area contributed by atoms with Crippen LogP contribution in [0.1, 0.15) is 28.9 Å². The van der Waals surface area contributed by atoms with Crippen molar-refractivity contribution in [2.45, 2.75) is 38.9 Å². The Morgan fingerprint density at radius 1 is 1.22 bits per heavy atom. The van der Waals surface area contributed by atoms with Crippen LogP contribution >= 0.6 is 0 Å². The number of hydrogen-bond acceptors (Lipinski definition) is 6. The average Bonchev–Trinajstić information content (AvgIpc) is 3.50. The minimum Gasteiger partial charge on any atom is -0.444 e. The monoisotopic (exact) mass is 513 g/mol. The summed E-state index contributed by atoms with van der Waals surface area (Å²) >= 11 is 0. The zero-order valence-corrected chi connectivity index (χ0v) is 20.4. The molecule has 1 saturated heterocycles. The molecule has 3 aromatic rings.